The lowest BCUT2D eigenvalue weighted by molar-refractivity contribution is -0.151. The first-order valence-electron chi connectivity index (χ1n) is 13.1. The lowest BCUT2D eigenvalue weighted by Crippen LogP contribution is -2.64. The monoisotopic (exact) mass is 507 g/mol. The van der Waals surface area contributed by atoms with Gasteiger partial charge in [0.2, 0.25) is 23.6 Å². The SMILES string of the molecule is CC(C)N1C[C@@H]2C[C@H]1C(=O)N1CCN(C(=O)C3CC3)[C@@H](C1)C(=O)NC[C@H]1O[C@@H](CC(=O)N2)[C@H](O)[C@@H]1O. The summed E-state index contributed by atoms with van der Waals surface area (Å²) in [5, 5.41) is 26.6. The van der Waals surface area contributed by atoms with Crippen LogP contribution in [0.3, 0.4) is 0 Å². The zero-order valence-electron chi connectivity index (χ0n) is 20.8. The molecule has 4 amide bonds. The number of carbonyl (C=O) groups excluding carboxylic acids is 4. The average molecular weight is 508 g/mol. The molecule has 0 aromatic carbocycles. The molecule has 7 atom stereocenters. The smallest absolute Gasteiger partial charge is 0.244 e. The summed E-state index contributed by atoms with van der Waals surface area (Å²) in [4.78, 5) is 58.0. The molecule has 5 fully saturated rings. The van der Waals surface area contributed by atoms with Crippen molar-refractivity contribution in [1.29, 1.82) is 0 Å². The van der Waals surface area contributed by atoms with Crippen LogP contribution >= 0.6 is 0 Å². The van der Waals surface area contributed by atoms with Gasteiger partial charge < -0.3 is 35.4 Å². The van der Waals surface area contributed by atoms with Crippen molar-refractivity contribution in [2.75, 3.05) is 32.7 Å². The van der Waals surface area contributed by atoms with E-state index in [-0.39, 0.29) is 61.8 Å². The van der Waals surface area contributed by atoms with Gasteiger partial charge in [-0.1, -0.05) is 0 Å². The molecule has 4 heterocycles. The van der Waals surface area contributed by atoms with Gasteiger partial charge in [-0.05, 0) is 33.1 Å². The van der Waals surface area contributed by atoms with E-state index < -0.39 is 42.4 Å². The molecule has 0 aromatic rings. The molecule has 4 N–H and O–H groups in total. The Hall–Kier alpha value is -2.28. The summed E-state index contributed by atoms with van der Waals surface area (Å²) in [6.07, 6.45) is -2.42. The fourth-order valence-electron chi connectivity index (χ4n) is 5.98. The van der Waals surface area contributed by atoms with Gasteiger partial charge >= 0.3 is 0 Å². The van der Waals surface area contributed by atoms with Gasteiger partial charge in [0.25, 0.3) is 0 Å². The molecule has 0 unspecified atom stereocenters. The van der Waals surface area contributed by atoms with Gasteiger partial charge in [-0.25, -0.2) is 0 Å². The van der Waals surface area contributed by atoms with Crippen LogP contribution in [-0.2, 0) is 23.9 Å². The molecule has 0 radical (unpaired) electrons. The van der Waals surface area contributed by atoms with Crippen LogP contribution < -0.4 is 10.6 Å². The van der Waals surface area contributed by atoms with Crippen molar-refractivity contribution in [3.05, 3.63) is 0 Å². The molecular weight excluding hydrogens is 470 g/mol. The number of hydrogen-bond acceptors (Lipinski definition) is 8. The van der Waals surface area contributed by atoms with E-state index in [1.807, 2.05) is 13.8 Å². The molecule has 12 nitrogen and oxygen atoms in total. The van der Waals surface area contributed by atoms with Crippen LogP contribution in [0.4, 0.5) is 0 Å². The van der Waals surface area contributed by atoms with Gasteiger partial charge in [-0.15, -0.1) is 0 Å². The summed E-state index contributed by atoms with van der Waals surface area (Å²) in [5.74, 6) is -0.969. The van der Waals surface area contributed by atoms with Crippen molar-refractivity contribution in [3.63, 3.8) is 0 Å². The Labute approximate surface area is 210 Å². The van der Waals surface area contributed by atoms with Crippen LogP contribution in [0, 0.1) is 5.92 Å². The fraction of sp³-hybridized carbons (Fsp3) is 0.833. The second kappa shape index (κ2) is 9.88. The number of fused-ring (bicyclic) bond motifs is 6. The van der Waals surface area contributed by atoms with E-state index in [1.54, 1.807) is 9.80 Å². The van der Waals surface area contributed by atoms with E-state index in [9.17, 15) is 29.4 Å². The van der Waals surface area contributed by atoms with Gasteiger partial charge in [-0.3, -0.25) is 24.1 Å². The number of rotatable bonds is 2. The van der Waals surface area contributed by atoms with E-state index >= 15 is 0 Å². The number of amides is 4. The summed E-state index contributed by atoms with van der Waals surface area (Å²) in [6, 6.07) is -1.47. The second-order valence-corrected chi connectivity index (χ2v) is 11.1. The molecule has 5 aliphatic rings. The standard InChI is InChI=1S/C24H37N5O7/c1-12(2)29-10-14-7-15(29)24(35)27-5-6-28(23(34)13-3-4-13)16(11-27)22(33)25-9-18-21(32)20(31)17(36-18)8-19(30)26-14/h12-18,20-21,31-32H,3-11H2,1-2H3,(H,25,33)(H,26,30)/t14-,15-,16-,17-,18+,20-,21+/m0/s1. The molecular formula is C24H37N5O7. The summed E-state index contributed by atoms with van der Waals surface area (Å²) in [6.45, 7) is 5.12. The molecule has 0 spiro atoms. The van der Waals surface area contributed by atoms with Crippen LogP contribution in [0.25, 0.3) is 0 Å². The molecule has 5 rings (SSSR count). The predicted octanol–water partition coefficient (Wildman–Crippen LogP) is -2.59. The van der Waals surface area contributed by atoms with Crippen molar-refractivity contribution >= 4 is 23.6 Å². The topological polar surface area (TPSA) is 152 Å². The van der Waals surface area contributed by atoms with Crippen LogP contribution in [0.15, 0.2) is 0 Å². The van der Waals surface area contributed by atoms with Crippen LogP contribution in [-0.4, -0.2) is 130 Å². The molecule has 4 aliphatic heterocycles. The van der Waals surface area contributed by atoms with Crippen molar-refractivity contribution in [1.82, 2.24) is 25.3 Å². The Balaban J connectivity index is 1.42. The average Bonchev–Trinajstić information content (AvgIpc) is 3.56. The van der Waals surface area contributed by atoms with E-state index in [1.165, 1.54) is 0 Å². The zero-order chi connectivity index (χ0) is 25.7. The molecule has 200 valence electrons. The summed E-state index contributed by atoms with van der Waals surface area (Å²) in [5.41, 5.74) is 0. The summed E-state index contributed by atoms with van der Waals surface area (Å²) < 4.78 is 5.76. The predicted molar refractivity (Wildman–Crippen MR) is 125 cm³/mol. The van der Waals surface area contributed by atoms with Crippen molar-refractivity contribution in [2.45, 2.75) is 88.1 Å². The van der Waals surface area contributed by atoms with Gasteiger partial charge in [0.05, 0.1) is 25.1 Å². The zero-order valence-corrected chi connectivity index (χ0v) is 20.8. The first kappa shape index (κ1) is 25.4. The number of nitrogens with zero attached hydrogens (tertiary/aromatic N) is 3. The van der Waals surface area contributed by atoms with E-state index in [0.29, 0.717) is 19.5 Å². The molecule has 4 saturated heterocycles. The fourth-order valence-corrected chi connectivity index (χ4v) is 5.98. The minimum atomic E-state index is -1.27. The van der Waals surface area contributed by atoms with Gasteiger partial charge in [0.1, 0.15) is 24.4 Å². The minimum Gasteiger partial charge on any atom is -0.388 e. The first-order valence-corrected chi connectivity index (χ1v) is 13.1. The van der Waals surface area contributed by atoms with E-state index in [2.05, 4.69) is 15.5 Å². The third kappa shape index (κ3) is 4.83. The van der Waals surface area contributed by atoms with Crippen LogP contribution in [0.5, 0.6) is 0 Å². The number of aliphatic hydroxyl groups excluding tert-OH is 2. The van der Waals surface area contributed by atoms with Gasteiger partial charge in [0, 0.05) is 44.2 Å². The van der Waals surface area contributed by atoms with Gasteiger partial charge in [0.15, 0.2) is 0 Å². The molecule has 36 heavy (non-hydrogen) atoms. The lowest BCUT2D eigenvalue weighted by Gasteiger charge is -2.42. The van der Waals surface area contributed by atoms with Crippen LogP contribution in [0.1, 0.15) is 39.5 Å². The summed E-state index contributed by atoms with van der Waals surface area (Å²) in [7, 11) is 0. The lowest BCUT2D eigenvalue weighted by atomic mass is 10.0. The highest BCUT2D eigenvalue weighted by molar-refractivity contribution is 5.91. The number of likely N-dealkylation sites (tertiary alicyclic amines) is 1. The highest BCUT2D eigenvalue weighted by atomic mass is 16.5. The summed E-state index contributed by atoms with van der Waals surface area (Å²) >= 11 is 0. The maximum atomic E-state index is 13.7. The Bertz CT molecular complexity index is 911. The van der Waals surface area contributed by atoms with Crippen LogP contribution in [0.2, 0.25) is 0 Å². The second-order valence-electron chi connectivity index (χ2n) is 11.1. The minimum absolute atomic E-state index is 0.0586. The Morgan fingerprint density at radius 1 is 1.03 bits per heavy atom. The number of ether oxygens (including phenoxy) is 1. The third-order valence-corrected chi connectivity index (χ3v) is 8.18. The Morgan fingerprint density at radius 2 is 1.75 bits per heavy atom. The molecule has 6 bridgehead atoms. The highest BCUT2D eigenvalue weighted by Crippen LogP contribution is 2.33. The number of hydrogen-bond donors (Lipinski definition) is 4. The number of aliphatic hydroxyl groups is 2. The Morgan fingerprint density at radius 3 is 2.44 bits per heavy atom. The molecule has 0 aromatic heterocycles. The van der Waals surface area contributed by atoms with Crippen molar-refractivity contribution in [2.24, 2.45) is 5.92 Å². The first-order chi connectivity index (χ1) is 17.1. The maximum absolute atomic E-state index is 13.7. The number of carbonyl (C=O) groups is 4. The van der Waals surface area contributed by atoms with Crippen molar-refractivity contribution < 1.29 is 34.1 Å². The molecule has 1 aliphatic carbocycles. The quantitative estimate of drug-likeness (QED) is 0.318. The number of piperazine rings is 1. The third-order valence-electron chi connectivity index (χ3n) is 8.18. The maximum Gasteiger partial charge on any atom is 0.244 e. The highest BCUT2D eigenvalue weighted by Gasteiger charge is 2.48. The molecule has 12 heteroatoms. The van der Waals surface area contributed by atoms with Crippen molar-refractivity contribution in [3.8, 4) is 0 Å². The van der Waals surface area contributed by atoms with E-state index in [0.717, 1.165) is 12.8 Å². The Kier molecular flexibility index (Phi) is 6.96. The number of nitrogens with one attached hydrogen (secondary N) is 2. The largest absolute Gasteiger partial charge is 0.388 e. The molecule has 1 saturated carbocycles. The van der Waals surface area contributed by atoms with Gasteiger partial charge in [-0.2, -0.15) is 0 Å². The van der Waals surface area contributed by atoms with E-state index in [4.69, 9.17) is 4.74 Å². The normalized spacial score (nSPS) is 38.4.